The monoisotopic (exact) mass is 298 g/mol. The third-order valence-electron chi connectivity index (χ3n) is 2.18. The average Bonchev–Trinajstić information content (AvgIpc) is 2.24. The summed E-state index contributed by atoms with van der Waals surface area (Å²) in [5, 5.41) is 0. The second kappa shape index (κ2) is 6.89. The van der Waals surface area contributed by atoms with Gasteiger partial charge in [0.25, 0.3) is 0 Å². The molecule has 18 heavy (non-hydrogen) atoms. The minimum absolute atomic E-state index is 0.0126. The summed E-state index contributed by atoms with van der Waals surface area (Å²) in [6.45, 7) is 0.241. The molecule has 0 aliphatic carbocycles. The summed E-state index contributed by atoms with van der Waals surface area (Å²) in [7, 11) is 1.59. The van der Waals surface area contributed by atoms with Gasteiger partial charge in [-0.3, -0.25) is 0 Å². The van der Waals surface area contributed by atoms with Gasteiger partial charge in [-0.15, -0.1) is 0 Å². The van der Waals surface area contributed by atoms with Gasteiger partial charge in [0.15, 0.2) is 11.6 Å². The van der Waals surface area contributed by atoms with E-state index in [1.165, 1.54) is 6.07 Å². The van der Waals surface area contributed by atoms with E-state index in [0.29, 0.717) is 19.3 Å². The first kappa shape index (κ1) is 15.2. The molecule has 1 aromatic carbocycles. The third-order valence-corrected chi connectivity index (χ3v) is 3.42. The van der Waals surface area contributed by atoms with Crippen LogP contribution in [0, 0.1) is 11.6 Å². The average molecular weight is 299 g/mol. The van der Waals surface area contributed by atoms with E-state index >= 15 is 0 Å². The van der Waals surface area contributed by atoms with Crippen molar-refractivity contribution in [2.45, 2.75) is 19.3 Å². The molecule has 0 aliphatic rings. The lowest BCUT2D eigenvalue weighted by molar-refractivity contribution is 0.290. The molecule has 0 spiro atoms. The molecule has 0 atom stereocenters. The molecule has 0 unspecified atom stereocenters. The van der Waals surface area contributed by atoms with E-state index in [-0.39, 0.29) is 18.1 Å². The van der Waals surface area contributed by atoms with E-state index in [4.69, 9.17) is 15.4 Å². The minimum atomic E-state index is -3.45. The zero-order chi connectivity index (χ0) is 13.6. The maximum absolute atomic E-state index is 13.1. The highest BCUT2D eigenvalue weighted by atomic mass is 35.7. The Morgan fingerprint density at radius 3 is 2.50 bits per heavy atom. The van der Waals surface area contributed by atoms with Crippen LogP contribution in [0.2, 0.25) is 0 Å². The first-order valence-electron chi connectivity index (χ1n) is 5.39. The van der Waals surface area contributed by atoms with Gasteiger partial charge >= 0.3 is 0 Å². The number of ether oxygens (including phenoxy) is 1. The van der Waals surface area contributed by atoms with Crippen molar-refractivity contribution in [3.05, 3.63) is 29.8 Å². The van der Waals surface area contributed by atoms with Crippen molar-refractivity contribution in [2.75, 3.05) is 12.4 Å². The summed E-state index contributed by atoms with van der Waals surface area (Å²) in [5.74, 6) is -1.51. The van der Waals surface area contributed by atoms with Crippen LogP contribution < -0.4 is 4.74 Å². The highest BCUT2D eigenvalue weighted by molar-refractivity contribution is 8.13. The first-order valence-corrected chi connectivity index (χ1v) is 7.86. The van der Waals surface area contributed by atoms with Crippen LogP contribution >= 0.6 is 10.7 Å². The van der Waals surface area contributed by atoms with Gasteiger partial charge in [-0.25, -0.2) is 17.2 Å². The molecular weight excluding hydrogens is 286 g/mol. The Hall–Kier alpha value is -0.880. The van der Waals surface area contributed by atoms with Gasteiger partial charge in [0.05, 0.1) is 12.4 Å². The molecule has 7 heteroatoms. The van der Waals surface area contributed by atoms with Gasteiger partial charge in [0.1, 0.15) is 5.82 Å². The predicted molar refractivity (Wildman–Crippen MR) is 65.3 cm³/mol. The van der Waals surface area contributed by atoms with Crippen molar-refractivity contribution in [2.24, 2.45) is 0 Å². The Morgan fingerprint density at radius 1 is 1.17 bits per heavy atom. The van der Waals surface area contributed by atoms with Crippen LogP contribution in [-0.2, 0) is 9.05 Å². The predicted octanol–water partition coefficient (Wildman–Crippen LogP) is 3.08. The topological polar surface area (TPSA) is 43.4 Å². The largest absolute Gasteiger partial charge is 0.491 e. The van der Waals surface area contributed by atoms with Crippen molar-refractivity contribution >= 4 is 19.7 Å². The van der Waals surface area contributed by atoms with Gasteiger partial charge in [-0.05, 0) is 31.4 Å². The molecule has 0 aromatic heterocycles. The first-order chi connectivity index (χ1) is 8.38. The summed E-state index contributed by atoms with van der Waals surface area (Å²) in [6, 6.07) is 3.07. The molecule has 3 nitrogen and oxygen atoms in total. The molecule has 0 saturated heterocycles. The molecule has 0 aliphatic heterocycles. The minimum Gasteiger partial charge on any atom is -0.491 e. The molecule has 1 aromatic rings. The molecule has 0 N–H and O–H groups in total. The smallest absolute Gasteiger partial charge is 0.232 e. The molecule has 0 bridgehead atoms. The van der Waals surface area contributed by atoms with E-state index in [9.17, 15) is 17.2 Å². The van der Waals surface area contributed by atoms with E-state index in [1.54, 1.807) is 0 Å². The van der Waals surface area contributed by atoms with Crippen molar-refractivity contribution in [1.82, 2.24) is 0 Å². The lowest BCUT2D eigenvalue weighted by atomic mass is 10.2. The van der Waals surface area contributed by atoms with Crippen molar-refractivity contribution < 1.29 is 21.9 Å². The van der Waals surface area contributed by atoms with Crippen molar-refractivity contribution in [3.63, 3.8) is 0 Å². The second-order valence-electron chi connectivity index (χ2n) is 3.73. The Morgan fingerprint density at radius 2 is 1.89 bits per heavy atom. The van der Waals surface area contributed by atoms with Gasteiger partial charge < -0.3 is 4.74 Å². The molecule has 1 rings (SSSR count). The highest BCUT2D eigenvalue weighted by Crippen LogP contribution is 2.18. The van der Waals surface area contributed by atoms with Crippen LogP contribution in [0.1, 0.15) is 19.3 Å². The summed E-state index contributed by atoms with van der Waals surface area (Å²) >= 11 is 0. The van der Waals surface area contributed by atoms with Crippen LogP contribution in [0.15, 0.2) is 18.2 Å². The third kappa shape index (κ3) is 6.16. The summed E-state index contributed by atoms with van der Waals surface area (Å²) in [5.41, 5.74) is 0. The lowest BCUT2D eigenvalue weighted by Gasteiger charge is -2.06. The van der Waals surface area contributed by atoms with Gasteiger partial charge in [-0.1, -0.05) is 0 Å². The fraction of sp³-hybridized carbons (Fsp3) is 0.455. The van der Waals surface area contributed by atoms with Gasteiger partial charge in [-0.2, -0.15) is 0 Å². The van der Waals surface area contributed by atoms with Crippen LogP contribution in [0.25, 0.3) is 0 Å². The van der Waals surface area contributed by atoms with E-state index in [2.05, 4.69) is 0 Å². The molecular formula is C11H13ClF2O3S. The standard InChI is InChI=1S/C11H13ClF2O3S/c12-18(15,16)7-3-1-2-6-17-11-5-4-9(13)8-10(11)14/h4-5,8H,1-3,6-7H2. The SMILES string of the molecule is O=S(=O)(Cl)CCCCCOc1ccc(F)cc1F. The Kier molecular flexibility index (Phi) is 5.81. The molecule has 0 amide bonds. The summed E-state index contributed by atoms with van der Waals surface area (Å²) in [6.07, 6.45) is 1.61. The Bertz CT molecular complexity index is 491. The summed E-state index contributed by atoms with van der Waals surface area (Å²) < 4.78 is 52.0. The van der Waals surface area contributed by atoms with Gasteiger partial charge in [0, 0.05) is 16.7 Å². The maximum atomic E-state index is 13.1. The quantitative estimate of drug-likeness (QED) is 0.574. The van der Waals surface area contributed by atoms with Crippen LogP contribution in [0.3, 0.4) is 0 Å². The Balaban J connectivity index is 2.22. The van der Waals surface area contributed by atoms with Crippen molar-refractivity contribution in [3.8, 4) is 5.75 Å². The maximum Gasteiger partial charge on any atom is 0.232 e. The van der Waals surface area contributed by atoms with E-state index in [0.717, 1.165) is 12.1 Å². The zero-order valence-corrected chi connectivity index (χ0v) is 11.1. The number of hydrogen-bond donors (Lipinski definition) is 0. The van der Waals surface area contributed by atoms with Crippen LogP contribution in [0.4, 0.5) is 8.78 Å². The molecule has 0 radical (unpaired) electrons. The lowest BCUT2D eigenvalue weighted by Crippen LogP contribution is -2.02. The highest BCUT2D eigenvalue weighted by Gasteiger charge is 2.06. The van der Waals surface area contributed by atoms with E-state index < -0.39 is 20.7 Å². The molecule has 0 heterocycles. The van der Waals surface area contributed by atoms with Crippen LogP contribution in [0.5, 0.6) is 5.75 Å². The van der Waals surface area contributed by atoms with E-state index in [1.807, 2.05) is 0 Å². The molecule has 0 fully saturated rings. The number of unbranched alkanes of at least 4 members (excludes halogenated alkanes) is 2. The molecule has 0 saturated carbocycles. The Labute approximate surface area is 109 Å². The molecule has 102 valence electrons. The van der Waals surface area contributed by atoms with Crippen LogP contribution in [-0.4, -0.2) is 20.8 Å². The number of rotatable bonds is 7. The summed E-state index contributed by atoms with van der Waals surface area (Å²) in [4.78, 5) is 0. The second-order valence-corrected chi connectivity index (χ2v) is 6.62. The number of benzene rings is 1. The number of halogens is 3. The van der Waals surface area contributed by atoms with Gasteiger partial charge in [0.2, 0.25) is 9.05 Å². The zero-order valence-electron chi connectivity index (χ0n) is 9.53. The normalized spacial score (nSPS) is 11.5. The number of hydrogen-bond acceptors (Lipinski definition) is 3. The fourth-order valence-corrected chi connectivity index (χ4v) is 2.20. The van der Waals surface area contributed by atoms with Crippen molar-refractivity contribution in [1.29, 1.82) is 0 Å². The fourth-order valence-electron chi connectivity index (χ4n) is 1.33.